The molecule has 1 unspecified atom stereocenters. The number of hydrogen-bond donors (Lipinski definition) is 2. The van der Waals surface area contributed by atoms with Gasteiger partial charge in [-0.25, -0.2) is 4.39 Å². The van der Waals surface area contributed by atoms with E-state index in [1.807, 2.05) is 37.4 Å². The fourth-order valence-corrected chi connectivity index (χ4v) is 2.27. The Bertz CT molecular complexity index is 616. The van der Waals surface area contributed by atoms with Crippen LogP contribution in [0.15, 0.2) is 54.6 Å². The predicted molar refractivity (Wildman–Crippen MR) is 89.1 cm³/mol. The lowest BCUT2D eigenvalue weighted by Gasteiger charge is -2.18. The molecule has 0 radical (unpaired) electrons. The highest BCUT2D eigenvalue weighted by Gasteiger charge is 2.14. The summed E-state index contributed by atoms with van der Waals surface area (Å²) in [5, 5.41) is 2.84. The highest BCUT2D eigenvalue weighted by atomic mass is 19.1. The molecule has 0 aliphatic rings. The first kappa shape index (κ1) is 17.1. The van der Waals surface area contributed by atoms with Crippen molar-refractivity contribution in [3.8, 4) is 0 Å². The zero-order valence-electron chi connectivity index (χ0n) is 13.2. The number of rotatable bonds is 7. The SMILES string of the molecule is CN(CCNC(=O)C(N)c1ccccc1)Cc1ccc(F)cc1. The Morgan fingerprint density at radius 2 is 1.83 bits per heavy atom. The summed E-state index contributed by atoms with van der Waals surface area (Å²) in [5.41, 5.74) is 7.76. The Kier molecular flexibility index (Phi) is 6.26. The lowest BCUT2D eigenvalue weighted by molar-refractivity contribution is -0.122. The van der Waals surface area contributed by atoms with E-state index in [2.05, 4.69) is 10.2 Å². The Morgan fingerprint density at radius 1 is 1.17 bits per heavy atom. The number of likely N-dealkylation sites (N-methyl/N-ethyl adjacent to an activating group) is 1. The zero-order chi connectivity index (χ0) is 16.7. The van der Waals surface area contributed by atoms with E-state index in [-0.39, 0.29) is 11.7 Å². The number of benzene rings is 2. The highest BCUT2D eigenvalue weighted by molar-refractivity contribution is 5.82. The number of halogens is 1. The quantitative estimate of drug-likeness (QED) is 0.822. The van der Waals surface area contributed by atoms with E-state index in [1.54, 1.807) is 12.1 Å². The maximum Gasteiger partial charge on any atom is 0.241 e. The summed E-state index contributed by atoms with van der Waals surface area (Å²) in [6, 6.07) is 15.0. The molecule has 0 bridgehead atoms. The molecule has 2 aromatic carbocycles. The van der Waals surface area contributed by atoms with Gasteiger partial charge < -0.3 is 16.0 Å². The second-order valence-corrected chi connectivity index (χ2v) is 5.54. The van der Waals surface area contributed by atoms with E-state index in [0.717, 1.165) is 11.1 Å². The third-order valence-electron chi connectivity index (χ3n) is 3.60. The van der Waals surface area contributed by atoms with Crippen LogP contribution in [0.5, 0.6) is 0 Å². The van der Waals surface area contributed by atoms with Crippen LogP contribution in [0, 0.1) is 5.82 Å². The van der Waals surface area contributed by atoms with Crippen molar-refractivity contribution in [2.75, 3.05) is 20.1 Å². The summed E-state index contributed by atoms with van der Waals surface area (Å²) in [5.74, 6) is -0.426. The lowest BCUT2D eigenvalue weighted by Crippen LogP contribution is -2.38. The minimum atomic E-state index is -0.654. The van der Waals surface area contributed by atoms with Crippen LogP contribution in [0.3, 0.4) is 0 Å². The maximum atomic E-state index is 12.9. The van der Waals surface area contributed by atoms with Crippen molar-refractivity contribution >= 4 is 5.91 Å². The zero-order valence-corrected chi connectivity index (χ0v) is 13.2. The molecule has 4 nitrogen and oxygen atoms in total. The van der Waals surface area contributed by atoms with Crippen molar-refractivity contribution in [3.05, 3.63) is 71.5 Å². The molecule has 2 rings (SSSR count). The van der Waals surface area contributed by atoms with Crippen molar-refractivity contribution in [1.82, 2.24) is 10.2 Å². The molecule has 5 heteroatoms. The number of hydrogen-bond acceptors (Lipinski definition) is 3. The Hall–Kier alpha value is -2.24. The summed E-state index contributed by atoms with van der Waals surface area (Å²) in [6.07, 6.45) is 0. The molecule has 0 fully saturated rings. The number of nitrogens with two attached hydrogens (primary N) is 1. The van der Waals surface area contributed by atoms with E-state index in [1.165, 1.54) is 12.1 Å². The average Bonchev–Trinajstić information content (AvgIpc) is 2.57. The van der Waals surface area contributed by atoms with E-state index >= 15 is 0 Å². The number of carbonyl (C=O) groups excluding carboxylic acids is 1. The molecule has 0 aromatic heterocycles. The van der Waals surface area contributed by atoms with Crippen molar-refractivity contribution in [1.29, 1.82) is 0 Å². The predicted octanol–water partition coefficient (Wildman–Crippen LogP) is 2.07. The summed E-state index contributed by atoms with van der Waals surface area (Å²) in [4.78, 5) is 14.1. The summed E-state index contributed by atoms with van der Waals surface area (Å²) < 4.78 is 12.9. The minimum Gasteiger partial charge on any atom is -0.353 e. The summed E-state index contributed by atoms with van der Waals surface area (Å²) >= 11 is 0. The van der Waals surface area contributed by atoms with E-state index in [4.69, 9.17) is 5.73 Å². The Labute approximate surface area is 136 Å². The van der Waals surface area contributed by atoms with Gasteiger partial charge in [0.25, 0.3) is 0 Å². The Balaban J connectivity index is 1.73. The van der Waals surface area contributed by atoms with Gasteiger partial charge in [0.15, 0.2) is 0 Å². The molecule has 2 aromatic rings. The topological polar surface area (TPSA) is 58.4 Å². The molecule has 1 amide bonds. The first-order valence-electron chi connectivity index (χ1n) is 7.57. The van der Waals surface area contributed by atoms with Crippen LogP contribution in [0.1, 0.15) is 17.2 Å². The lowest BCUT2D eigenvalue weighted by atomic mass is 10.1. The van der Waals surface area contributed by atoms with Crippen molar-refractivity contribution in [2.24, 2.45) is 5.73 Å². The van der Waals surface area contributed by atoms with E-state index < -0.39 is 6.04 Å². The van der Waals surface area contributed by atoms with Crippen molar-refractivity contribution in [3.63, 3.8) is 0 Å². The molecule has 0 aliphatic carbocycles. The molecule has 3 N–H and O–H groups in total. The molecular weight excluding hydrogens is 293 g/mol. The largest absolute Gasteiger partial charge is 0.353 e. The van der Waals surface area contributed by atoms with Gasteiger partial charge in [0, 0.05) is 19.6 Å². The van der Waals surface area contributed by atoms with Gasteiger partial charge in [-0.3, -0.25) is 4.79 Å². The first-order chi connectivity index (χ1) is 11.1. The van der Waals surface area contributed by atoms with Crippen LogP contribution in [0.25, 0.3) is 0 Å². The average molecular weight is 315 g/mol. The van der Waals surface area contributed by atoms with E-state index in [0.29, 0.717) is 19.6 Å². The monoisotopic (exact) mass is 315 g/mol. The van der Waals surface area contributed by atoms with Gasteiger partial charge in [-0.2, -0.15) is 0 Å². The Morgan fingerprint density at radius 3 is 2.48 bits per heavy atom. The standard InChI is InChI=1S/C18H22FN3O/c1-22(13-14-7-9-16(19)10-8-14)12-11-21-18(23)17(20)15-5-3-2-4-6-15/h2-10,17H,11-13,20H2,1H3,(H,21,23). The second kappa shape index (κ2) is 8.41. The third kappa shape index (κ3) is 5.47. The fraction of sp³-hybridized carbons (Fsp3) is 0.278. The molecule has 0 saturated heterocycles. The smallest absolute Gasteiger partial charge is 0.241 e. The van der Waals surface area contributed by atoms with Gasteiger partial charge in [0.2, 0.25) is 5.91 Å². The minimum absolute atomic E-state index is 0.189. The summed E-state index contributed by atoms with van der Waals surface area (Å²) in [6.45, 7) is 1.89. The van der Waals surface area contributed by atoms with E-state index in [9.17, 15) is 9.18 Å². The fourth-order valence-electron chi connectivity index (χ4n) is 2.27. The maximum absolute atomic E-state index is 12.9. The molecule has 0 aliphatic heterocycles. The molecule has 1 atom stereocenters. The van der Waals surface area contributed by atoms with Crippen molar-refractivity contribution < 1.29 is 9.18 Å². The van der Waals surface area contributed by atoms with Gasteiger partial charge in [-0.1, -0.05) is 42.5 Å². The summed E-state index contributed by atoms with van der Waals surface area (Å²) in [7, 11) is 1.95. The van der Waals surface area contributed by atoms with Crippen LogP contribution in [-0.2, 0) is 11.3 Å². The second-order valence-electron chi connectivity index (χ2n) is 5.54. The number of nitrogens with one attached hydrogen (secondary N) is 1. The van der Waals surface area contributed by atoms with Crippen LogP contribution in [0.4, 0.5) is 4.39 Å². The van der Waals surface area contributed by atoms with Crippen LogP contribution in [-0.4, -0.2) is 30.9 Å². The highest BCUT2D eigenvalue weighted by Crippen LogP contribution is 2.09. The van der Waals surface area contributed by atoms with Gasteiger partial charge in [-0.05, 0) is 30.3 Å². The third-order valence-corrected chi connectivity index (χ3v) is 3.60. The normalized spacial score (nSPS) is 12.2. The van der Waals surface area contributed by atoms with Crippen LogP contribution in [0.2, 0.25) is 0 Å². The van der Waals surface area contributed by atoms with Crippen LogP contribution < -0.4 is 11.1 Å². The van der Waals surface area contributed by atoms with Gasteiger partial charge >= 0.3 is 0 Å². The molecule has 0 spiro atoms. The van der Waals surface area contributed by atoms with Gasteiger partial charge in [-0.15, -0.1) is 0 Å². The number of carbonyl (C=O) groups is 1. The number of nitrogens with zero attached hydrogens (tertiary/aromatic N) is 1. The van der Waals surface area contributed by atoms with Crippen LogP contribution >= 0.6 is 0 Å². The first-order valence-corrected chi connectivity index (χ1v) is 7.57. The van der Waals surface area contributed by atoms with Gasteiger partial charge in [0.1, 0.15) is 11.9 Å². The van der Waals surface area contributed by atoms with Gasteiger partial charge in [0.05, 0.1) is 0 Å². The molecule has 0 heterocycles. The molecular formula is C18H22FN3O. The molecule has 23 heavy (non-hydrogen) atoms. The molecule has 122 valence electrons. The molecule has 0 saturated carbocycles. The van der Waals surface area contributed by atoms with Crippen molar-refractivity contribution in [2.45, 2.75) is 12.6 Å². The number of amides is 1.